The molecule has 0 saturated carbocycles. The molecule has 0 saturated heterocycles. The van der Waals surface area contributed by atoms with Crippen LogP contribution in [-0.4, -0.2) is 3.88 Å². The summed E-state index contributed by atoms with van der Waals surface area (Å²) < 4.78 is 1.78. The molecule has 0 N–H and O–H groups in total. The van der Waals surface area contributed by atoms with Gasteiger partial charge in [0.15, 0.2) is 3.88 Å². The Morgan fingerprint density at radius 3 is 2.25 bits per heavy atom. The van der Waals surface area contributed by atoms with Crippen LogP contribution in [0.1, 0.15) is 0 Å². The maximum Gasteiger partial charge on any atom is 0.167 e. The Morgan fingerprint density at radius 1 is 2.00 bits per heavy atom. The molecule has 0 fully saturated rings. The molecule has 0 aromatic rings. The molecule has 0 atom stereocenters. The van der Waals surface area contributed by atoms with Gasteiger partial charge < -0.3 is 0 Å². The van der Waals surface area contributed by atoms with E-state index in [2.05, 4.69) is 0 Å². The van der Waals surface area contributed by atoms with Gasteiger partial charge in [-0.15, -0.1) is 0 Å². The highest BCUT2D eigenvalue weighted by Crippen LogP contribution is 2.02. The van der Waals surface area contributed by atoms with E-state index in [1.807, 2.05) is 18.6 Å². The quantitative estimate of drug-likeness (QED) is 0.613. The molecule has 4 heavy (non-hydrogen) atoms. The molecule has 0 radical (unpaired) electrons. The zero-order valence-electron chi connectivity index (χ0n) is 1.66. The minimum absolute atomic E-state index is 0.225. The number of carbonyl (C=O) groups excluding carboxylic acids is 1. The average Bonchev–Trinajstić information content (AvgIpc) is 1.37. The van der Waals surface area contributed by atoms with E-state index in [1.54, 1.807) is 3.88 Å². The minimum atomic E-state index is -0.225. The van der Waals surface area contributed by atoms with Crippen molar-refractivity contribution in [3.05, 3.63) is 0 Å². The minimum Gasteiger partial charge on any atom is -0.227 e. The molecule has 0 spiro atoms. The van der Waals surface area contributed by atoms with Gasteiger partial charge in [0.1, 0.15) is 0 Å². The fraction of sp³-hybridized carbons (Fsp3) is 0. The molecule has 0 aliphatic heterocycles. The molecule has 0 amide bonds. The van der Waals surface area contributed by atoms with E-state index < -0.39 is 0 Å². The Morgan fingerprint density at radius 2 is 2.25 bits per heavy atom. The molecular formula is CI2O. The van der Waals surface area contributed by atoms with E-state index >= 15 is 0 Å². The van der Waals surface area contributed by atoms with E-state index in [1.165, 1.54) is 0 Å². The largest absolute Gasteiger partial charge is 0.227 e. The van der Waals surface area contributed by atoms with Crippen LogP contribution in [0.2, 0.25) is 0 Å². The fourth-order valence-electron chi connectivity index (χ4n) is 0. The van der Waals surface area contributed by atoms with Crippen LogP contribution >= 0.6 is 35.4 Å². The topological polar surface area (TPSA) is 17.1 Å². The lowest BCUT2D eigenvalue weighted by Crippen LogP contribution is -1.11. The molecule has 0 aliphatic rings. The van der Waals surface area contributed by atoms with Crippen LogP contribution in [0.3, 0.4) is 0 Å². The molecule has 0 aromatic heterocycles. The van der Waals surface area contributed by atoms with Crippen LogP contribution in [0.5, 0.6) is 0 Å². The van der Waals surface area contributed by atoms with Crippen molar-refractivity contribution in [2.45, 2.75) is 0 Å². The zero-order chi connectivity index (χ0) is 3.41. The second-order valence-corrected chi connectivity index (χ2v) is 3.73. The number of rotatable bonds is 0. The molecular weight excluding hydrogens is 282 g/mol. The smallest absolute Gasteiger partial charge is 0.167 e. The predicted molar refractivity (Wildman–Crippen MR) is 33.7 cm³/mol. The van der Waals surface area contributed by atoms with Gasteiger partial charge in [-0.05, 0) is 0 Å². The molecule has 0 unspecified atom stereocenters. The first-order valence-electron chi connectivity index (χ1n) is 0.536. The van der Waals surface area contributed by atoms with Crippen LogP contribution in [0.15, 0.2) is 0 Å². The van der Waals surface area contributed by atoms with Crippen molar-refractivity contribution in [3.8, 4) is 0 Å². The summed E-state index contributed by atoms with van der Waals surface area (Å²) in [6.07, 6.45) is 0. The monoisotopic (exact) mass is 282 g/mol. The third-order valence-electron chi connectivity index (χ3n) is 0.0292. The van der Waals surface area contributed by atoms with Crippen LogP contribution in [-0.2, 0) is 4.79 Å². The van der Waals surface area contributed by atoms with Crippen LogP contribution in [0.4, 0.5) is 0 Å². The van der Waals surface area contributed by atoms with Gasteiger partial charge in [-0.25, -0.2) is 4.79 Å². The lowest BCUT2D eigenvalue weighted by Gasteiger charge is -1.26. The van der Waals surface area contributed by atoms with Gasteiger partial charge in [0.05, 0.1) is 16.8 Å². The van der Waals surface area contributed by atoms with Gasteiger partial charge in [-0.3, -0.25) is 0 Å². The number of hydrogen-bond donors (Lipinski definition) is 0. The molecule has 0 rings (SSSR count). The Hall–Kier alpha value is 1.04. The molecule has 0 bridgehead atoms. The highest BCUT2D eigenvalue weighted by Gasteiger charge is 1.36. The van der Waals surface area contributed by atoms with E-state index in [0.717, 1.165) is 0 Å². The van der Waals surface area contributed by atoms with Crippen molar-refractivity contribution < 1.29 is 4.79 Å². The second-order valence-electron chi connectivity index (χ2n) is 0.149. The van der Waals surface area contributed by atoms with Gasteiger partial charge in [-0.2, -0.15) is 0 Å². The molecule has 0 aromatic carbocycles. The third kappa shape index (κ3) is 3.04. The predicted octanol–water partition coefficient (Wildman–Crippen LogP) is 1.37. The van der Waals surface area contributed by atoms with Crippen molar-refractivity contribution in [1.29, 1.82) is 0 Å². The van der Waals surface area contributed by atoms with Crippen LogP contribution < -0.4 is 0 Å². The summed E-state index contributed by atoms with van der Waals surface area (Å²) in [5.74, 6) is 0. The SMILES string of the molecule is O=C=II. The molecule has 0 aliphatic carbocycles. The summed E-state index contributed by atoms with van der Waals surface area (Å²) in [5.41, 5.74) is 0. The normalized spacial score (nSPS) is 5.25. The third-order valence-corrected chi connectivity index (χ3v) is 1.31. The van der Waals surface area contributed by atoms with Gasteiger partial charge in [-0.1, -0.05) is 0 Å². The first-order chi connectivity index (χ1) is 1.91. The molecule has 0 heterocycles. The summed E-state index contributed by atoms with van der Waals surface area (Å²) in [4.78, 5) is 9.09. The van der Waals surface area contributed by atoms with E-state index in [9.17, 15) is 0 Å². The number of halogens is 2. The summed E-state index contributed by atoms with van der Waals surface area (Å²) in [6, 6.07) is 0. The fourth-order valence-corrected chi connectivity index (χ4v) is 0. The lowest BCUT2D eigenvalue weighted by atomic mass is 11.9. The zero-order valence-corrected chi connectivity index (χ0v) is 5.98. The Bertz CT molecular complexity index is 44.0. The second kappa shape index (κ2) is 4.04. The maximum atomic E-state index is 9.09. The summed E-state index contributed by atoms with van der Waals surface area (Å²) in [6.45, 7) is 0. The van der Waals surface area contributed by atoms with Gasteiger partial charge in [0.25, 0.3) is 0 Å². The van der Waals surface area contributed by atoms with Crippen molar-refractivity contribution in [3.63, 3.8) is 0 Å². The maximum absolute atomic E-state index is 9.09. The standard InChI is InChI=1S/CI2O/c2-3-1-4. The molecule has 1 nitrogen and oxygen atoms in total. The highest BCUT2D eigenvalue weighted by atomic mass is 128. The van der Waals surface area contributed by atoms with Gasteiger partial charge in [0, 0.05) is 18.6 Å². The Labute approximate surface area is 43.7 Å². The summed E-state index contributed by atoms with van der Waals surface area (Å²) in [5, 5.41) is 0. The average molecular weight is 282 g/mol. The lowest BCUT2D eigenvalue weighted by molar-refractivity contribution is 0.573. The number of hydrogen-bond acceptors (Lipinski definition) is 1. The highest BCUT2D eigenvalue weighted by molar-refractivity contribution is 15.0. The van der Waals surface area contributed by atoms with Crippen molar-refractivity contribution >= 4 is 39.2 Å². The first-order valence-corrected chi connectivity index (χ1v) is 7.90. The van der Waals surface area contributed by atoms with Crippen molar-refractivity contribution in [1.82, 2.24) is 0 Å². The Kier molecular flexibility index (Phi) is 5.09. The molecule has 24 valence electrons. The van der Waals surface area contributed by atoms with Crippen LogP contribution in [0, 0.1) is 0 Å². The van der Waals surface area contributed by atoms with Gasteiger partial charge >= 0.3 is 0 Å². The first kappa shape index (κ1) is 5.04. The van der Waals surface area contributed by atoms with Crippen LogP contribution in [0.25, 0.3) is 0 Å². The Balaban J connectivity index is 3.11. The summed E-state index contributed by atoms with van der Waals surface area (Å²) >= 11 is 1.81. The molecule has 3 heteroatoms. The van der Waals surface area contributed by atoms with Crippen molar-refractivity contribution in [2.24, 2.45) is 0 Å². The van der Waals surface area contributed by atoms with E-state index in [4.69, 9.17) is 4.79 Å². The van der Waals surface area contributed by atoms with E-state index in [-0.39, 0.29) is 16.8 Å². The van der Waals surface area contributed by atoms with Gasteiger partial charge in [0.2, 0.25) is 0 Å². The summed E-state index contributed by atoms with van der Waals surface area (Å²) in [7, 11) is 0. The van der Waals surface area contributed by atoms with E-state index in [0.29, 0.717) is 0 Å². The van der Waals surface area contributed by atoms with Crippen molar-refractivity contribution in [2.75, 3.05) is 0 Å².